The maximum absolute atomic E-state index is 4.12. The van der Waals surface area contributed by atoms with Crippen molar-refractivity contribution >= 4 is 5.57 Å². The third-order valence-electron chi connectivity index (χ3n) is 1.85. The van der Waals surface area contributed by atoms with Crippen molar-refractivity contribution < 1.29 is 0 Å². The molecular formula is C12H16N2. The largest absolute Gasteiger partial charge is 0.275 e. The van der Waals surface area contributed by atoms with Crippen LogP contribution in [-0.4, -0.2) is 9.78 Å². The van der Waals surface area contributed by atoms with Gasteiger partial charge in [0.1, 0.15) is 0 Å². The fourth-order valence-electron chi connectivity index (χ4n) is 1.11. The van der Waals surface area contributed by atoms with E-state index in [9.17, 15) is 0 Å². The van der Waals surface area contributed by atoms with E-state index in [4.69, 9.17) is 0 Å². The van der Waals surface area contributed by atoms with Gasteiger partial charge in [-0.1, -0.05) is 30.4 Å². The van der Waals surface area contributed by atoms with Crippen molar-refractivity contribution in [2.24, 2.45) is 7.05 Å². The molecule has 0 unspecified atom stereocenters. The SMILES string of the molecule is C=CC(=CC=C(C)C)c1cnn(C)c1. The van der Waals surface area contributed by atoms with Crippen LogP contribution in [0.4, 0.5) is 0 Å². The molecule has 0 saturated heterocycles. The minimum atomic E-state index is 1.10. The lowest BCUT2D eigenvalue weighted by Gasteiger charge is -1.95. The number of hydrogen-bond donors (Lipinski definition) is 0. The predicted molar refractivity (Wildman–Crippen MR) is 60.8 cm³/mol. The number of allylic oxidation sites excluding steroid dienone is 5. The molecule has 0 aliphatic heterocycles. The molecule has 74 valence electrons. The molecular weight excluding hydrogens is 172 g/mol. The molecule has 1 aromatic rings. The van der Waals surface area contributed by atoms with Crippen molar-refractivity contribution in [1.29, 1.82) is 0 Å². The Morgan fingerprint density at radius 2 is 2.14 bits per heavy atom. The zero-order chi connectivity index (χ0) is 10.6. The van der Waals surface area contributed by atoms with Crippen LogP contribution >= 0.6 is 0 Å². The summed E-state index contributed by atoms with van der Waals surface area (Å²) in [6, 6.07) is 0. The quantitative estimate of drug-likeness (QED) is 0.667. The Morgan fingerprint density at radius 3 is 2.57 bits per heavy atom. The highest BCUT2D eigenvalue weighted by Crippen LogP contribution is 2.14. The summed E-state index contributed by atoms with van der Waals surface area (Å²) in [6.07, 6.45) is 9.79. The Morgan fingerprint density at radius 1 is 1.43 bits per heavy atom. The van der Waals surface area contributed by atoms with Gasteiger partial charge in [0.2, 0.25) is 0 Å². The standard InChI is InChI=1S/C12H16N2/c1-5-11(7-6-10(2)3)12-8-13-14(4)9-12/h5-9H,1H2,2-4H3. The molecule has 1 heterocycles. The Labute approximate surface area is 85.3 Å². The molecule has 0 spiro atoms. The van der Waals surface area contributed by atoms with E-state index in [2.05, 4.69) is 37.7 Å². The molecule has 1 rings (SSSR count). The third kappa shape index (κ3) is 2.73. The van der Waals surface area contributed by atoms with Gasteiger partial charge in [-0.25, -0.2) is 0 Å². The van der Waals surface area contributed by atoms with Gasteiger partial charge in [-0.2, -0.15) is 5.10 Å². The number of rotatable bonds is 3. The summed E-state index contributed by atoms with van der Waals surface area (Å²) in [5.74, 6) is 0. The van der Waals surface area contributed by atoms with Crippen LogP contribution in [0.2, 0.25) is 0 Å². The van der Waals surface area contributed by atoms with Gasteiger partial charge in [-0.15, -0.1) is 0 Å². The van der Waals surface area contributed by atoms with Crippen molar-refractivity contribution in [3.05, 3.63) is 48.3 Å². The van der Waals surface area contributed by atoms with Crippen molar-refractivity contribution in [3.63, 3.8) is 0 Å². The predicted octanol–water partition coefficient (Wildman–Crippen LogP) is 2.96. The zero-order valence-corrected chi connectivity index (χ0v) is 8.99. The molecule has 0 aromatic carbocycles. The van der Waals surface area contributed by atoms with Gasteiger partial charge in [0.15, 0.2) is 0 Å². The van der Waals surface area contributed by atoms with Crippen molar-refractivity contribution in [1.82, 2.24) is 9.78 Å². The van der Waals surface area contributed by atoms with Crippen LogP contribution in [0.1, 0.15) is 19.4 Å². The average molecular weight is 188 g/mol. The molecule has 0 bridgehead atoms. The van der Waals surface area contributed by atoms with Crippen molar-refractivity contribution in [3.8, 4) is 0 Å². The monoisotopic (exact) mass is 188 g/mol. The third-order valence-corrected chi connectivity index (χ3v) is 1.85. The summed E-state index contributed by atoms with van der Waals surface area (Å²) < 4.78 is 1.79. The first-order valence-corrected chi connectivity index (χ1v) is 4.60. The van der Waals surface area contributed by atoms with Crippen LogP contribution in [-0.2, 0) is 7.05 Å². The molecule has 0 radical (unpaired) electrons. The van der Waals surface area contributed by atoms with Crippen LogP contribution in [0.3, 0.4) is 0 Å². The van der Waals surface area contributed by atoms with Gasteiger partial charge >= 0.3 is 0 Å². The number of nitrogens with zero attached hydrogens (tertiary/aromatic N) is 2. The average Bonchev–Trinajstić information content (AvgIpc) is 2.53. The molecule has 2 nitrogen and oxygen atoms in total. The Kier molecular flexibility index (Phi) is 3.46. The lowest BCUT2D eigenvalue weighted by atomic mass is 10.1. The summed E-state index contributed by atoms with van der Waals surface area (Å²) in [5.41, 5.74) is 3.47. The Bertz CT molecular complexity index is 377. The van der Waals surface area contributed by atoms with Crippen LogP contribution in [0.15, 0.2) is 42.8 Å². The first-order valence-electron chi connectivity index (χ1n) is 4.60. The van der Waals surface area contributed by atoms with E-state index in [1.54, 1.807) is 4.68 Å². The molecule has 0 saturated carbocycles. The molecule has 1 aromatic heterocycles. The number of aryl methyl sites for hydroxylation is 1. The molecule has 0 N–H and O–H groups in total. The minimum Gasteiger partial charge on any atom is -0.275 e. The molecule has 0 aliphatic carbocycles. The van der Waals surface area contributed by atoms with Crippen molar-refractivity contribution in [2.75, 3.05) is 0 Å². The number of aromatic nitrogens is 2. The van der Waals surface area contributed by atoms with Gasteiger partial charge in [0.25, 0.3) is 0 Å². The Balaban J connectivity index is 2.98. The summed E-state index contributed by atoms with van der Waals surface area (Å²) in [7, 11) is 1.91. The maximum Gasteiger partial charge on any atom is 0.0568 e. The van der Waals surface area contributed by atoms with E-state index in [1.807, 2.05) is 25.5 Å². The smallest absolute Gasteiger partial charge is 0.0568 e. The van der Waals surface area contributed by atoms with E-state index in [-0.39, 0.29) is 0 Å². The lowest BCUT2D eigenvalue weighted by molar-refractivity contribution is 0.767. The van der Waals surface area contributed by atoms with Crippen LogP contribution in [0, 0.1) is 0 Å². The normalized spacial score (nSPS) is 11.2. The minimum absolute atomic E-state index is 1.10. The van der Waals surface area contributed by atoms with Gasteiger partial charge in [-0.3, -0.25) is 4.68 Å². The summed E-state index contributed by atoms with van der Waals surface area (Å²) in [6.45, 7) is 7.93. The highest BCUT2D eigenvalue weighted by atomic mass is 15.2. The highest BCUT2D eigenvalue weighted by molar-refractivity contribution is 5.73. The second-order valence-electron chi connectivity index (χ2n) is 3.47. The lowest BCUT2D eigenvalue weighted by Crippen LogP contribution is -1.84. The maximum atomic E-state index is 4.12. The molecule has 0 aliphatic rings. The summed E-state index contributed by atoms with van der Waals surface area (Å²) in [5, 5.41) is 4.12. The van der Waals surface area contributed by atoms with Crippen LogP contribution < -0.4 is 0 Å². The van der Waals surface area contributed by atoms with Gasteiger partial charge in [-0.05, 0) is 19.4 Å². The van der Waals surface area contributed by atoms with E-state index in [0.29, 0.717) is 0 Å². The second kappa shape index (κ2) is 4.61. The fraction of sp³-hybridized carbons (Fsp3) is 0.250. The first-order chi connectivity index (χ1) is 6.63. The molecule has 0 atom stereocenters. The van der Waals surface area contributed by atoms with Crippen molar-refractivity contribution in [2.45, 2.75) is 13.8 Å². The molecule has 0 fully saturated rings. The van der Waals surface area contributed by atoms with Crippen LogP contribution in [0.5, 0.6) is 0 Å². The summed E-state index contributed by atoms with van der Waals surface area (Å²) in [4.78, 5) is 0. The Hall–Kier alpha value is -1.57. The van der Waals surface area contributed by atoms with E-state index >= 15 is 0 Å². The van der Waals surface area contributed by atoms with Gasteiger partial charge < -0.3 is 0 Å². The zero-order valence-electron chi connectivity index (χ0n) is 8.99. The molecule has 0 amide bonds. The summed E-state index contributed by atoms with van der Waals surface area (Å²) >= 11 is 0. The molecule has 14 heavy (non-hydrogen) atoms. The van der Waals surface area contributed by atoms with Crippen LogP contribution in [0.25, 0.3) is 5.57 Å². The van der Waals surface area contributed by atoms with E-state index in [0.717, 1.165) is 11.1 Å². The van der Waals surface area contributed by atoms with Gasteiger partial charge in [0.05, 0.1) is 6.20 Å². The molecule has 2 heteroatoms. The van der Waals surface area contributed by atoms with E-state index < -0.39 is 0 Å². The topological polar surface area (TPSA) is 17.8 Å². The second-order valence-corrected chi connectivity index (χ2v) is 3.47. The highest BCUT2D eigenvalue weighted by Gasteiger charge is 1.98. The fourth-order valence-corrected chi connectivity index (χ4v) is 1.11. The number of hydrogen-bond acceptors (Lipinski definition) is 1. The first kappa shape index (κ1) is 10.5. The van der Waals surface area contributed by atoms with E-state index in [1.165, 1.54) is 5.57 Å². The van der Waals surface area contributed by atoms with Gasteiger partial charge in [0, 0.05) is 18.8 Å².